The van der Waals surface area contributed by atoms with E-state index in [0.717, 1.165) is 17.4 Å². The zero-order valence-electron chi connectivity index (χ0n) is 15.1. The topological polar surface area (TPSA) is 0 Å². The Hall–Kier alpha value is -0.823. The molecule has 0 amide bonds. The van der Waals surface area contributed by atoms with Gasteiger partial charge in [-0.1, -0.05) is 88.5 Å². The monoisotopic (exact) mass is 326 g/mol. The molecule has 0 N–H and O–H groups in total. The molecule has 0 radical (unpaired) electrons. The van der Waals surface area contributed by atoms with Gasteiger partial charge in [0.2, 0.25) is 0 Å². The van der Waals surface area contributed by atoms with E-state index in [2.05, 4.69) is 56.4 Å². The van der Waals surface area contributed by atoms with Crippen LogP contribution in [-0.4, -0.2) is 9.52 Å². The standard InChI is InChI=1S/C22H34Si/c1-3-18(2)20-12-13-21(16-20)23-22(14-8-5-9-15-22)17-19-10-6-4-7-11-19/h5,8-9,12-14,16,18-19,21H,3-4,6-7,10-11,15,17,23H2,1-2H3. The van der Waals surface area contributed by atoms with Gasteiger partial charge in [0.05, 0.1) is 0 Å². The van der Waals surface area contributed by atoms with Gasteiger partial charge in [-0.25, -0.2) is 0 Å². The number of allylic oxidation sites excluding steroid dienone is 8. The molecule has 1 heteroatoms. The van der Waals surface area contributed by atoms with E-state index in [1.807, 2.05) is 0 Å². The predicted octanol–water partition coefficient (Wildman–Crippen LogP) is 6.13. The number of hydrogen-bond donors (Lipinski definition) is 0. The van der Waals surface area contributed by atoms with E-state index >= 15 is 0 Å². The summed E-state index contributed by atoms with van der Waals surface area (Å²) in [7, 11) is -0.183. The maximum atomic E-state index is 2.62. The van der Waals surface area contributed by atoms with Gasteiger partial charge in [-0.05, 0) is 47.3 Å². The van der Waals surface area contributed by atoms with Crippen molar-refractivity contribution in [1.82, 2.24) is 0 Å². The van der Waals surface area contributed by atoms with Gasteiger partial charge in [0.15, 0.2) is 0 Å². The molecule has 3 aliphatic rings. The lowest BCUT2D eigenvalue weighted by Crippen LogP contribution is -2.25. The van der Waals surface area contributed by atoms with Crippen LogP contribution in [0.1, 0.15) is 65.2 Å². The van der Waals surface area contributed by atoms with Gasteiger partial charge in [-0.3, -0.25) is 0 Å². The van der Waals surface area contributed by atoms with Crippen LogP contribution >= 0.6 is 0 Å². The fourth-order valence-corrected chi connectivity index (χ4v) is 7.60. The Kier molecular flexibility index (Phi) is 5.79. The number of rotatable bonds is 6. The molecule has 0 bridgehead atoms. The highest BCUT2D eigenvalue weighted by molar-refractivity contribution is 6.44. The van der Waals surface area contributed by atoms with Crippen molar-refractivity contribution in [3.63, 3.8) is 0 Å². The summed E-state index contributed by atoms with van der Waals surface area (Å²) in [4.78, 5) is 0. The zero-order chi connectivity index (χ0) is 16.1. The van der Waals surface area contributed by atoms with Gasteiger partial charge in [0, 0.05) is 9.52 Å². The van der Waals surface area contributed by atoms with Crippen LogP contribution in [0.3, 0.4) is 0 Å². The zero-order valence-corrected chi connectivity index (χ0v) is 16.6. The van der Waals surface area contributed by atoms with E-state index < -0.39 is 0 Å². The van der Waals surface area contributed by atoms with E-state index in [1.54, 1.807) is 5.57 Å². The van der Waals surface area contributed by atoms with Crippen molar-refractivity contribution in [3.05, 3.63) is 48.1 Å². The van der Waals surface area contributed by atoms with E-state index in [-0.39, 0.29) is 9.52 Å². The molecule has 0 saturated heterocycles. The summed E-state index contributed by atoms with van der Waals surface area (Å²) >= 11 is 0. The minimum atomic E-state index is -0.183. The third-order valence-corrected chi connectivity index (χ3v) is 9.01. The smallest absolute Gasteiger partial charge is 0.0447 e. The first kappa shape index (κ1) is 17.0. The summed E-state index contributed by atoms with van der Waals surface area (Å²) in [5.74, 6) is 1.73. The molecular formula is C22H34Si. The Balaban J connectivity index is 1.68. The van der Waals surface area contributed by atoms with Gasteiger partial charge < -0.3 is 0 Å². The van der Waals surface area contributed by atoms with Crippen LogP contribution in [0.25, 0.3) is 0 Å². The lowest BCUT2D eigenvalue weighted by molar-refractivity contribution is 0.313. The molecular weight excluding hydrogens is 292 g/mol. The molecule has 0 heterocycles. The van der Waals surface area contributed by atoms with Crippen LogP contribution in [0.5, 0.6) is 0 Å². The molecule has 0 nitrogen and oxygen atoms in total. The summed E-state index contributed by atoms with van der Waals surface area (Å²) in [5.41, 5.74) is 2.40. The molecule has 1 saturated carbocycles. The molecule has 0 spiro atoms. The van der Waals surface area contributed by atoms with Crippen LogP contribution < -0.4 is 0 Å². The first-order valence-electron chi connectivity index (χ1n) is 9.95. The van der Waals surface area contributed by atoms with Gasteiger partial charge in [-0.15, -0.1) is 0 Å². The first-order chi connectivity index (χ1) is 11.2. The van der Waals surface area contributed by atoms with Crippen LogP contribution in [0.15, 0.2) is 48.1 Å². The van der Waals surface area contributed by atoms with Crippen LogP contribution in [0, 0.1) is 11.8 Å². The van der Waals surface area contributed by atoms with Crippen molar-refractivity contribution in [2.75, 3.05) is 0 Å². The molecule has 23 heavy (non-hydrogen) atoms. The average molecular weight is 327 g/mol. The summed E-state index contributed by atoms with van der Waals surface area (Å²) in [5, 5.41) is 0.549. The predicted molar refractivity (Wildman–Crippen MR) is 106 cm³/mol. The average Bonchev–Trinajstić information content (AvgIpc) is 3.04. The van der Waals surface area contributed by atoms with Crippen LogP contribution in [-0.2, 0) is 0 Å². The van der Waals surface area contributed by atoms with Gasteiger partial charge >= 0.3 is 0 Å². The normalized spacial score (nSPS) is 32.8. The van der Waals surface area contributed by atoms with Crippen molar-refractivity contribution in [2.45, 2.75) is 75.8 Å². The van der Waals surface area contributed by atoms with Gasteiger partial charge in [-0.2, -0.15) is 0 Å². The van der Waals surface area contributed by atoms with Crippen molar-refractivity contribution < 1.29 is 0 Å². The van der Waals surface area contributed by atoms with Crippen molar-refractivity contribution in [1.29, 1.82) is 0 Å². The van der Waals surface area contributed by atoms with Crippen molar-refractivity contribution in [3.8, 4) is 0 Å². The van der Waals surface area contributed by atoms with E-state index in [9.17, 15) is 0 Å². The molecule has 3 aliphatic carbocycles. The van der Waals surface area contributed by atoms with E-state index in [0.29, 0.717) is 5.04 Å². The van der Waals surface area contributed by atoms with Crippen molar-refractivity contribution >= 4 is 9.52 Å². The van der Waals surface area contributed by atoms with E-state index in [1.165, 1.54) is 51.4 Å². The fraction of sp³-hybridized carbons (Fsp3) is 0.636. The Morgan fingerprint density at radius 3 is 2.74 bits per heavy atom. The Morgan fingerprint density at radius 2 is 2.04 bits per heavy atom. The maximum Gasteiger partial charge on any atom is 0.0447 e. The SMILES string of the molecule is CCC(C)C1=CC([SiH2]C2(CC3CCCCC3)C=CC=CC2)C=C1. The molecule has 0 aromatic carbocycles. The first-order valence-corrected chi connectivity index (χ1v) is 11.5. The van der Waals surface area contributed by atoms with E-state index in [4.69, 9.17) is 0 Å². The molecule has 0 aromatic rings. The highest BCUT2D eigenvalue weighted by Gasteiger charge is 2.34. The van der Waals surface area contributed by atoms with Gasteiger partial charge in [0.1, 0.15) is 0 Å². The quantitative estimate of drug-likeness (QED) is 0.515. The maximum absolute atomic E-state index is 2.62. The van der Waals surface area contributed by atoms with Crippen LogP contribution in [0.4, 0.5) is 0 Å². The highest BCUT2D eigenvalue weighted by Crippen LogP contribution is 2.47. The van der Waals surface area contributed by atoms with Crippen molar-refractivity contribution in [2.24, 2.45) is 11.8 Å². The van der Waals surface area contributed by atoms with Crippen LogP contribution in [0.2, 0.25) is 10.6 Å². The highest BCUT2D eigenvalue weighted by atomic mass is 28.2. The minimum absolute atomic E-state index is 0.183. The summed E-state index contributed by atoms with van der Waals surface area (Å²) < 4.78 is 0. The Bertz CT molecular complexity index is 504. The second-order valence-corrected chi connectivity index (χ2v) is 11.0. The number of hydrogen-bond acceptors (Lipinski definition) is 0. The molecule has 3 unspecified atom stereocenters. The summed E-state index contributed by atoms with van der Waals surface area (Å²) in [6.45, 7) is 4.69. The molecule has 0 aromatic heterocycles. The minimum Gasteiger partial charge on any atom is -0.0840 e. The lowest BCUT2D eigenvalue weighted by Gasteiger charge is -2.37. The van der Waals surface area contributed by atoms with Gasteiger partial charge in [0.25, 0.3) is 0 Å². The third-order valence-electron chi connectivity index (χ3n) is 6.41. The fourth-order valence-electron chi connectivity index (χ4n) is 4.81. The molecule has 3 atom stereocenters. The molecule has 126 valence electrons. The molecule has 1 fully saturated rings. The Morgan fingerprint density at radius 1 is 1.22 bits per heavy atom. The second-order valence-electron chi connectivity index (χ2n) is 8.26. The molecule has 0 aliphatic heterocycles. The summed E-state index contributed by atoms with van der Waals surface area (Å²) in [6, 6.07) is 0. The Labute approximate surface area is 145 Å². The summed E-state index contributed by atoms with van der Waals surface area (Å²) in [6.07, 6.45) is 28.7. The molecule has 3 rings (SSSR count). The largest absolute Gasteiger partial charge is 0.0840 e. The lowest BCUT2D eigenvalue weighted by atomic mass is 9.80. The third kappa shape index (κ3) is 4.38. The second kappa shape index (κ2) is 7.83.